The highest BCUT2D eigenvalue weighted by Gasteiger charge is 2.22. The first-order valence-electron chi connectivity index (χ1n) is 5.39. The van der Waals surface area contributed by atoms with Gasteiger partial charge in [-0.1, -0.05) is 6.92 Å². The van der Waals surface area contributed by atoms with Crippen LogP contribution in [0.3, 0.4) is 0 Å². The van der Waals surface area contributed by atoms with Crippen LogP contribution in [0.25, 0.3) is 0 Å². The fourth-order valence-electron chi connectivity index (χ4n) is 2.03. The van der Waals surface area contributed by atoms with Crippen LogP contribution in [0.2, 0.25) is 0 Å². The maximum atomic E-state index is 6.11. The van der Waals surface area contributed by atoms with Crippen molar-refractivity contribution in [3.05, 3.63) is 0 Å². The van der Waals surface area contributed by atoms with Gasteiger partial charge < -0.3 is 16.0 Å². The predicted octanol–water partition coefficient (Wildman–Crippen LogP) is 0.265. The molecule has 0 aromatic rings. The first kappa shape index (κ1) is 11.0. The van der Waals surface area contributed by atoms with Gasteiger partial charge in [0.25, 0.3) is 0 Å². The van der Waals surface area contributed by atoms with Crippen molar-refractivity contribution in [1.82, 2.24) is 10.2 Å². The van der Waals surface area contributed by atoms with Crippen molar-refractivity contribution >= 4 is 0 Å². The third-order valence-corrected chi connectivity index (χ3v) is 2.90. The summed E-state index contributed by atoms with van der Waals surface area (Å²) in [6.07, 6.45) is 2.61. The van der Waals surface area contributed by atoms with Crippen LogP contribution >= 0.6 is 0 Å². The van der Waals surface area contributed by atoms with Crippen LogP contribution in [0.15, 0.2) is 0 Å². The Hall–Kier alpha value is -0.120. The van der Waals surface area contributed by atoms with Gasteiger partial charge in [-0.3, -0.25) is 0 Å². The molecule has 1 fully saturated rings. The molecule has 0 spiro atoms. The molecule has 13 heavy (non-hydrogen) atoms. The highest BCUT2D eigenvalue weighted by atomic mass is 15.1. The summed E-state index contributed by atoms with van der Waals surface area (Å²) in [5.41, 5.74) is 6.11. The van der Waals surface area contributed by atoms with Crippen molar-refractivity contribution in [3.63, 3.8) is 0 Å². The van der Waals surface area contributed by atoms with E-state index in [1.165, 1.54) is 25.9 Å². The minimum Gasteiger partial charge on any atom is -0.326 e. The van der Waals surface area contributed by atoms with E-state index in [1.807, 2.05) is 0 Å². The van der Waals surface area contributed by atoms with Crippen molar-refractivity contribution in [1.29, 1.82) is 0 Å². The van der Waals surface area contributed by atoms with Crippen molar-refractivity contribution in [2.75, 3.05) is 33.2 Å². The lowest BCUT2D eigenvalue weighted by Gasteiger charge is -2.33. The number of hydrogen-bond acceptors (Lipinski definition) is 3. The normalized spacial score (nSPS) is 27.5. The number of nitrogens with one attached hydrogen (secondary N) is 1. The molecule has 0 radical (unpaired) electrons. The molecule has 0 aromatic heterocycles. The Morgan fingerprint density at radius 3 is 3.00 bits per heavy atom. The number of nitrogens with two attached hydrogens (primary N) is 1. The standard InChI is InChI=1S/C10H23N3/c1-3-12-7-10(11)9-5-4-6-13(2)8-9/h9-10,12H,3-8,11H2,1-2H3. The van der Waals surface area contributed by atoms with E-state index < -0.39 is 0 Å². The number of likely N-dealkylation sites (tertiary alicyclic amines) is 1. The number of hydrogen-bond donors (Lipinski definition) is 2. The van der Waals surface area contributed by atoms with Crippen LogP contribution in [0.1, 0.15) is 19.8 Å². The average molecular weight is 185 g/mol. The van der Waals surface area contributed by atoms with Gasteiger partial charge in [-0.05, 0) is 38.9 Å². The van der Waals surface area contributed by atoms with E-state index in [0.717, 1.165) is 13.1 Å². The Kier molecular flexibility index (Phi) is 4.70. The summed E-state index contributed by atoms with van der Waals surface area (Å²) in [7, 11) is 2.19. The van der Waals surface area contributed by atoms with Gasteiger partial charge in [-0.25, -0.2) is 0 Å². The summed E-state index contributed by atoms with van der Waals surface area (Å²) >= 11 is 0. The molecule has 1 rings (SSSR count). The lowest BCUT2D eigenvalue weighted by Crippen LogP contribution is -2.46. The average Bonchev–Trinajstić information content (AvgIpc) is 2.14. The van der Waals surface area contributed by atoms with Crippen LogP contribution in [-0.2, 0) is 0 Å². The zero-order valence-corrected chi connectivity index (χ0v) is 8.92. The zero-order chi connectivity index (χ0) is 9.68. The maximum absolute atomic E-state index is 6.11. The molecule has 2 unspecified atom stereocenters. The fourth-order valence-corrected chi connectivity index (χ4v) is 2.03. The molecule has 3 N–H and O–H groups in total. The predicted molar refractivity (Wildman–Crippen MR) is 56.7 cm³/mol. The summed E-state index contributed by atoms with van der Waals surface area (Å²) in [5, 5.41) is 3.32. The largest absolute Gasteiger partial charge is 0.326 e. The van der Waals surface area contributed by atoms with Crippen LogP contribution in [-0.4, -0.2) is 44.2 Å². The monoisotopic (exact) mass is 185 g/mol. The van der Waals surface area contributed by atoms with Gasteiger partial charge in [0.05, 0.1) is 0 Å². The number of piperidine rings is 1. The van der Waals surface area contributed by atoms with E-state index in [-0.39, 0.29) is 0 Å². The number of likely N-dealkylation sites (N-methyl/N-ethyl adjacent to an activating group) is 1. The van der Waals surface area contributed by atoms with Gasteiger partial charge in [0, 0.05) is 19.1 Å². The van der Waals surface area contributed by atoms with Gasteiger partial charge in [0.15, 0.2) is 0 Å². The first-order valence-corrected chi connectivity index (χ1v) is 5.39. The van der Waals surface area contributed by atoms with Crippen LogP contribution in [0.5, 0.6) is 0 Å². The lowest BCUT2D eigenvalue weighted by atomic mass is 9.91. The quantitative estimate of drug-likeness (QED) is 0.660. The minimum absolute atomic E-state index is 0.336. The lowest BCUT2D eigenvalue weighted by molar-refractivity contribution is 0.186. The van der Waals surface area contributed by atoms with Crippen molar-refractivity contribution in [2.45, 2.75) is 25.8 Å². The van der Waals surface area contributed by atoms with E-state index in [4.69, 9.17) is 5.73 Å². The fraction of sp³-hybridized carbons (Fsp3) is 1.00. The summed E-state index contributed by atoms with van der Waals surface area (Å²) in [5.74, 6) is 0.692. The van der Waals surface area contributed by atoms with Crippen molar-refractivity contribution in [2.24, 2.45) is 11.7 Å². The number of nitrogens with zero attached hydrogens (tertiary/aromatic N) is 1. The Labute approximate surface area is 81.7 Å². The molecule has 3 heteroatoms. The summed E-state index contributed by atoms with van der Waals surface area (Å²) in [6, 6.07) is 0.336. The second kappa shape index (κ2) is 5.58. The third kappa shape index (κ3) is 3.63. The van der Waals surface area contributed by atoms with Crippen LogP contribution in [0.4, 0.5) is 0 Å². The van der Waals surface area contributed by atoms with E-state index in [2.05, 4.69) is 24.2 Å². The van der Waals surface area contributed by atoms with Crippen LogP contribution < -0.4 is 11.1 Å². The molecule has 0 amide bonds. The number of rotatable bonds is 4. The summed E-state index contributed by atoms with van der Waals surface area (Å²) in [6.45, 7) is 6.53. The summed E-state index contributed by atoms with van der Waals surface area (Å²) in [4.78, 5) is 2.39. The molecular weight excluding hydrogens is 162 g/mol. The molecule has 3 nitrogen and oxygen atoms in total. The molecule has 1 saturated heterocycles. The maximum Gasteiger partial charge on any atom is 0.0206 e. The molecule has 0 bridgehead atoms. The third-order valence-electron chi connectivity index (χ3n) is 2.90. The van der Waals surface area contributed by atoms with E-state index >= 15 is 0 Å². The van der Waals surface area contributed by atoms with Gasteiger partial charge in [-0.2, -0.15) is 0 Å². The van der Waals surface area contributed by atoms with Gasteiger partial charge in [0.1, 0.15) is 0 Å². The van der Waals surface area contributed by atoms with Crippen LogP contribution in [0, 0.1) is 5.92 Å². The Morgan fingerprint density at radius 1 is 1.62 bits per heavy atom. The molecule has 2 atom stereocenters. The second-order valence-electron chi connectivity index (χ2n) is 4.14. The molecule has 1 heterocycles. The Bertz CT molecular complexity index is 138. The zero-order valence-electron chi connectivity index (χ0n) is 8.92. The summed E-state index contributed by atoms with van der Waals surface area (Å²) < 4.78 is 0. The Morgan fingerprint density at radius 2 is 2.38 bits per heavy atom. The molecule has 78 valence electrons. The Balaban J connectivity index is 2.24. The topological polar surface area (TPSA) is 41.3 Å². The molecular formula is C10H23N3. The molecule has 0 saturated carbocycles. The van der Waals surface area contributed by atoms with Gasteiger partial charge in [-0.15, -0.1) is 0 Å². The first-order chi connectivity index (χ1) is 6.24. The molecule has 1 aliphatic rings. The molecule has 0 aliphatic carbocycles. The SMILES string of the molecule is CCNCC(N)C1CCCN(C)C1. The second-order valence-corrected chi connectivity index (χ2v) is 4.14. The highest BCUT2D eigenvalue weighted by Crippen LogP contribution is 2.17. The van der Waals surface area contributed by atoms with Crippen molar-refractivity contribution in [3.8, 4) is 0 Å². The highest BCUT2D eigenvalue weighted by molar-refractivity contribution is 4.80. The van der Waals surface area contributed by atoms with Gasteiger partial charge >= 0.3 is 0 Å². The molecule has 0 aromatic carbocycles. The smallest absolute Gasteiger partial charge is 0.0206 e. The molecule has 1 aliphatic heterocycles. The van der Waals surface area contributed by atoms with E-state index in [0.29, 0.717) is 12.0 Å². The van der Waals surface area contributed by atoms with Crippen molar-refractivity contribution < 1.29 is 0 Å². The van der Waals surface area contributed by atoms with E-state index in [9.17, 15) is 0 Å². The minimum atomic E-state index is 0.336. The van der Waals surface area contributed by atoms with Gasteiger partial charge in [0.2, 0.25) is 0 Å². The van der Waals surface area contributed by atoms with E-state index in [1.54, 1.807) is 0 Å².